The maximum atomic E-state index is 9.91. The summed E-state index contributed by atoms with van der Waals surface area (Å²) in [5.41, 5.74) is -0.522. The molecule has 0 spiro atoms. The highest BCUT2D eigenvalue weighted by molar-refractivity contribution is 7.99. The fourth-order valence-electron chi connectivity index (χ4n) is 2.67. The number of ether oxygens (including phenoxy) is 1. The van der Waals surface area contributed by atoms with E-state index in [1.165, 1.54) is 56.7 Å². The quantitative estimate of drug-likeness (QED) is 0.405. The van der Waals surface area contributed by atoms with E-state index < -0.39 is 36.5 Å². The van der Waals surface area contributed by atoms with E-state index in [0.29, 0.717) is 0 Å². The zero-order valence-corrected chi connectivity index (χ0v) is 14.4. The smallest absolute Gasteiger partial charge is 0.132 e. The summed E-state index contributed by atoms with van der Waals surface area (Å²) in [6, 6.07) is 0. The third-order valence-corrected chi connectivity index (χ3v) is 5.35. The van der Waals surface area contributed by atoms with Crippen LogP contribution in [0.15, 0.2) is 0 Å². The summed E-state index contributed by atoms with van der Waals surface area (Å²) in [5, 5.41) is 38.2. The molecule has 0 amide bonds. The van der Waals surface area contributed by atoms with Crippen LogP contribution in [0.5, 0.6) is 0 Å². The van der Waals surface area contributed by atoms with Crippen molar-refractivity contribution >= 4 is 11.8 Å². The Bertz CT molecular complexity index is 279. The van der Waals surface area contributed by atoms with Gasteiger partial charge < -0.3 is 25.2 Å². The second kappa shape index (κ2) is 11.6. The molecule has 0 aromatic carbocycles. The van der Waals surface area contributed by atoms with Crippen molar-refractivity contribution in [3.63, 3.8) is 0 Å². The lowest BCUT2D eigenvalue weighted by molar-refractivity contribution is -0.0713. The van der Waals surface area contributed by atoms with Crippen LogP contribution in [0.4, 0.5) is 0 Å². The first-order valence-corrected chi connectivity index (χ1v) is 9.58. The molecule has 22 heavy (non-hydrogen) atoms. The molecule has 1 aliphatic rings. The zero-order valence-electron chi connectivity index (χ0n) is 13.6. The maximum absolute atomic E-state index is 9.91. The van der Waals surface area contributed by atoms with Crippen molar-refractivity contribution < 1.29 is 25.2 Å². The number of hydrogen-bond acceptors (Lipinski definition) is 6. The number of aliphatic hydroxyl groups is 4. The molecular formula is C16H32O5S. The largest absolute Gasteiger partial charge is 0.394 e. The molecule has 1 fully saturated rings. The molecule has 6 heteroatoms. The highest BCUT2D eigenvalue weighted by atomic mass is 32.2. The molecule has 0 saturated carbocycles. The van der Waals surface area contributed by atoms with Crippen molar-refractivity contribution in [3.8, 4) is 0 Å². The number of thioether (sulfide) groups is 1. The lowest BCUT2D eigenvalue weighted by Gasteiger charge is -2.18. The summed E-state index contributed by atoms with van der Waals surface area (Å²) in [6.07, 6.45) is 5.81. The summed E-state index contributed by atoms with van der Waals surface area (Å²) in [7, 11) is 0. The first-order valence-electron chi connectivity index (χ1n) is 8.54. The van der Waals surface area contributed by atoms with Gasteiger partial charge in [0.25, 0.3) is 0 Å². The Morgan fingerprint density at radius 3 is 2.14 bits per heavy atom. The summed E-state index contributed by atoms with van der Waals surface area (Å²) in [6.45, 7) is 1.74. The average Bonchev–Trinajstić information content (AvgIpc) is 2.81. The third kappa shape index (κ3) is 6.72. The van der Waals surface area contributed by atoms with Gasteiger partial charge in [-0.2, -0.15) is 0 Å². The van der Waals surface area contributed by atoms with Gasteiger partial charge in [0.1, 0.15) is 29.9 Å². The lowest BCUT2D eigenvalue weighted by Crippen LogP contribution is -2.40. The normalized spacial score (nSPS) is 29.9. The Labute approximate surface area is 138 Å². The predicted molar refractivity (Wildman–Crippen MR) is 88.8 cm³/mol. The van der Waals surface area contributed by atoms with Crippen molar-refractivity contribution in [1.82, 2.24) is 0 Å². The summed E-state index contributed by atoms with van der Waals surface area (Å²) >= 11 is 1.47. The summed E-state index contributed by atoms with van der Waals surface area (Å²) in [5.74, 6) is 0.866. The minimum Gasteiger partial charge on any atom is -0.394 e. The number of rotatable bonds is 12. The SMILES string of the molecule is CCCCCCCCCCSC1OC(C(O)CO)C(O)C1O. The first kappa shape index (κ1) is 20.2. The molecule has 1 aliphatic heterocycles. The molecule has 0 aromatic rings. The van der Waals surface area contributed by atoms with E-state index in [2.05, 4.69) is 6.92 Å². The van der Waals surface area contributed by atoms with E-state index in [-0.39, 0.29) is 0 Å². The predicted octanol–water partition coefficient (Wildman–Crippen LogP) is 1.66. The molecule has 1 rings (SSSR count). The van der Waals surface area contributed by atoms with E-state index in [9.17, 15) is 15.3 Å². The van der Waals surface area contributed by atoms with Crippen LogP contribution in [0.1, 0.15) is 58.3 Å². The Balaban J connectivity index is 2.07. The van der Waals surface area contributed by atoms with Gasteiger partial charge in [-0.3, -0.25) is 0 Å². The van der Waals surface area contributed by atoms with Gasteiger partial charge in [0, 0.05) is 0 Å². The molecule has 0 radical (unpaired) electrons. The molecule has 5 nitrogen and oxygen atoms in total. The topological polar surface area (TPSA) is 90.2 Å². The molecular weight excluding hydrogens is 304 g/mol. The van der Waals surface area contributed by atoms with Crippen molar-refractivity contribution in [2.75, 3.05) is 12.4 Å². The van der Waals surface area contributed by atoms with Crippen LogP contribution in [-0.4, -0.2) is 62.6 Å². The van der Waals surface area contributed by atoms with Gasteiger partial charge in [-0.05, 0) is 12.2 Å². The Hall–Kier alpha value is 0.150. The summed E-state index contributed by atoms with van der Waals surface area (Å²) < 4.78 is 5.46. The van der Waals surface area contributed by atoms with E-state index in [1.807, 2.05) is 0 Å². The first-order chi connectivity index (χ1) is 10.6. The molecule has 1 saturated heterocycles. The summed E-state index contributed by atoms with van der Waals surface area (Å²) in [4.78, 5) is 0. The zero-order chi connectivity index (χ0) is 16.4. The number of hydrogen-bond donors (Lipinski definition) is 4. The van der Waals surface area contributed by atoms with Crippen LogP contribution in [0.3, 0.4) is 0 Å². The molecule has 0 bridgehead atoms. The third-order valence-electron chi connectivity index (χ3n) is 4.10. The van der Waals surface area contributed by atoms with Crippen LogP contribution in [0, 0.1) is 0 Å². The fraction of sp³-hybridized carbons (Fsp3) is 1.00. The van der Waals surface area contributed by atoms with E-state index >= 15 is 0 Å². The monoisotopic (exact) mass is 336 g/mol. The van der Waals surface area contributed by atoms with Gasteiger partial charge in [-0.15, -0.1) is 11.8 Å². The average molecular weight is 336 g/mol. The number of unbranched alkanes of at least 4 members (excludes halogenated alkanes) is 7. The molecule has 132 valence electrons. The van der Waals surface area contributed by atoms with Crippen LogP contribution < -0.4 is 0 Å². The molecule has 4 N–H and O–H groups in total. The van der Waals surface area contributed by atoms with Crippen LogP contribution >= 0.6 is 11.8 Å². The van der Waals surface area contributed by atoms with E-state index in [0.717, 1.165) is 12.2 Å². The fourth-order valence-corrected chi connectivity index (χ4v) is 3.83. The Kier molecular flexibility index (Phi) is 10.7. The second-order valence-corrected chi connectivity index (χ2v) is 7.25. The molecule has 1 heterocycles. The van der Waals surface area contributed by atoms with Crippen LogP contribution in [0.25, 0.3) is 0 Å². The molecule has 5 atom stereocenters. The van der Waals surface area contributed by atoms with Crippen LogP contribution in [0.2, 0.25) is 0 Å². The van der Waals surface area contributed by atoms with Gasteiger partial charge in [0.05, 0.1) is 6.61 Å². The van der Waals surface area contributed by atoms with Gasteiger partial charge in [0.2, 0.25) is 0 Å². The van der Waals surface area contributed by atoms with Gasteiger partial charge in [-0.1, -0.05) is 51.9 Å². The van der Waals surface area contributed by atoms with Crippen molar-refractivity contribution in [2.24, 2.45) is 0 Å². The standard InChI is InChI=1S/C16H32O5S/c1-2-3-4-5-6-7-8-9-10-22-16-14(20)13(19)15(21-16)12(18)11-17/h12-20H,2-11H2,1H3. The highest BCUT2D eigenvalue weighted by Gasteiger charge is 2.45. The van der Waals surface area contributed by atoms with Gasteiger partial charge in [0.15, 0.2) is 0 Å². The molecule has 0 aliphatic carbocycles. The maximum Gasteiger partial charge on any atom is 0.132 e. The minimum absolute atomic E-state index is 0.482. The number of aliphatic hydroxyl groups excluding tert-OH is 4. The second-order valence-electron chi connectivity index (χ2n) is 6.05. The van der Waals surface area contributed by atoms with E-state index in [1.54, 1.807) is 0 Å². The molecule has 5 unspecified atom stereocenters. The molecule has 0 aromatic heterocycles. The minimum atomic E-state index is -1.15. The highest BCUT2D eigenvalue weighted by Crippen LogP contribution is 2.31. The Morgan fingerprint density at radius 1 is 0.955 bits per heavy atom. The lowest BCUT2D eigenvalue weighted by atomic mass is 10.1. The Morgan fingerprint density at radius 2 is 1.55 bits per heavy atom. The van der Waals surface area contributed by atoms with Gasteiger partial charge >= 0.3 is 0 Å². The van der Waals surface area contributed by atoms with Crippen LogP contribution in [-0.2, 0) is 4.74 Å². The van der Waals surface area contributed by atoms with Gasteiger partial charge in [-0.25, -0.2) is 0 Å². The van der Waals surface area contributed by atoms with Crippen molar-refractivity contribution in [3.05, 3.63) is 0 Å². The van der Waals surface area contributed by atoms with E-state index in [4.69, 9.17) is 9.84 Å². The van der Waals surface area contributed by atoms with Crippen molar-refractivity contribution in [1.29, 1.82) is 0 Å². The van der Waals surface area contributed by atoms with Crippen molar-refractivity contribution in [2.45, 2.75) is 88.1 Å².